The van der Waals surface area contributed by atoms with Gasteiger partial charge in [0.15, 0.2) is 10.9 Å². The number of benzene rings is 2. The fraction of sp³-hybridized carbons (Fsp3) is 0.385. The van der Waals surface area contributed by atoms with Gasteiger partial charge in [0, 0.05) is 23.8 Å². The minimum atomic E-state index is -0.226. The lowest BCUT2D eigenvalue weighted by Gasteiger charge is -2.17. The fourth-order valence-electron chi connectivity index (χ4n) is 3.94. The molecule has 4 rings (SSSR count). The molecule has 1 saturated heterocycles. The number of nitrogens with zero attached hydrogens (tertiary/aromatic N) is 2. The topological polar surface area (TPSA) is 99.5 Å². The third-order valence-electron chi connectivity index (χ3n) is 5.76. The van der Waals surface area contributed by atoms with Crippen molar-refractivity contribution in [3.63, 3.8) is 0 Å². The standard InChI is InChI=1S/C26H29N3O5S/c1-16(2)27-24(31)18-8-11-21-22(13-18)28-26(29(25(21)32)14-20-5-4-12-34-20)35-15-23(30)17-6-9-19(33-3)10-7-17/h6-11,13,16,20H,4-5,12,14-15H2,1-3H3,(H,27,31). The van der Waals surface area contributed by atoms with Crippen molar-refractivity contribution in [3.8, 4) is 5.75 Å². The Kier molecular flexibility index (Phi) is 7.87. The summed E-state index contributed by atoms with van der Waals surface area (Å²) >= 11 is 1.21. The van der Waals surface area contributed by atoms with E-state index in [0.717, 1.165) is 12.8 Å². The lowest BCUT2D eigenvalue weighted by Crippen LogP contribution is -2.31. The quantitative estimate of drug-likeness (QED) is 0.275. The number of carbonyl (C=O) groups is 2. The minimum absolute atomic E-state index is 0.0133. The van der Waals surface area contributed by atoms with E-state index < -0.39 is 0 Å². The van der Waals surface area contributed by atoms with Crippen molar-refractivity contribution >= 4 is 34.4 Å². The highest BCUT2D eigenvalue weighted by Crippen LogP contribution is 2.23. The van der Waals surface area contributed by atoms with Gasteiger partial charge in [-0.3, -0.25) is 19.0 Å². The molecular formula is C26H29N3O5S. The number of rotatable bonds is 9. The summed E-state index contributed by atoms with van der Waals surface area (Å²) in [5, 5.41) is 3.71. The van der Waals surface area contributed by atoms with Gasteiger partial charge in [-0.1, -0.05) is 11.8 Å². The van der Waals surface area contributed by atoms with Gasteiger partial charge >= 0.3 is 0 Å². The zero-order chi connectivity index (χ0) is 24.9. The van der Waals surface area contributed by atoms with Crippen LogP contribution in [0.15, 0.2) is 52.4 Å². The molecule has 1 amide bonds. The average Bonchev–Trinajstić information content (AvgIpc) is 3.37. The van der Waals surface area contributed by atoms with Crippen molar-refractivity contribution in [2.45, 2.75) is 50.5 Å². The van der Waals surface area contributed by atoms with Gasteiger partial charge in [0.25, 0.3) is 11.5 Å². The summed E-state index contributed by atoms with van der Waals surface area (Å²) in [7, 11) is 1.57. The van der Waals surface area contributed by atoms with Crippen LogP contribution in [0, 0.1) is 0 Å². The first kappa shape index (κ1) is 24.9. The van der Waals surface area contributed by atoms with E-state index in [1.54, 1.807) is 54.1 Å². The first-order valence-electron chi connectivity index (χ1n) is 11.6. The largest absolute Gasteiger partial charge is 0.497 e. The number of fused-ring (bicyclic) bond motifs is 1. The van der Waals surface area contributed by atoms with Crippen LogP contribution in [-0.4, -0.2) is 52.9 Å². The highest BCUT2D eigenvalue weighted by molar-refractivity contribution is 7.99. The smallest absolute Gasteiger partial charge is 0.262 e. The molecule has 8 nitrogen and oxygen atoms in total. The maximum absolute atomic E-state index is 13.4. The second-order valence-electron chi connectivity index (χ2n) is 8.75. The number of ketones is 1. The van der Waals surface area contributed by atoms with E-state index in [4.69, 9.17) is 14.5 Å². The number of methoxy groups -OCH3 is 1. The number of Topliss-reactive ketones (excluding diaryl/α,β-unsaturated/α-hetero) is 1. The molecule has 1 atom stereocenters. The molecular weight excluding hydrogens is 466 g/mol. The second-order valence-corrected chi connectivity index (χ2v) is 9.69. The Morgan fingerprint density at radius 2 is 1.94 bits per heavy atom. The summed E-state index contributed by atoms with van der Waals surface area (Å²) < 4.78 is 12.5. The Hall–Kier alpha value is -3.17. The highest BCUT2D eigenvalue weighted by atomic mass is 32.2. The van der Waals surface area contributed by atoms with Gasteiger partial charge in [-0.2, -0.15) is 0 Å². The Labute approximate surface area is 208 Å². The number of amides is 1. The first-order chi connectivity index (χ1) is 16.9. The maximum Gasteiger partial charge on any atom is 0.262 e. The van der Waals surface area contributed by atoms with E-state index in [1.165, 1.54) is 11.8 Å². The molecule has 0 radical (unpaired) electrons. The van der Waals surface area contributed by atoms with Gasteiger partial charge in [0.1, 0.15) is 5.75 Å². The van der Waals surface area contributed by atoms with Crippen LogP contribution in [0.5, 0.6) is 5.75 Å². The molecule has 1 aliphatic heterocycles. The van der Waals surface area contributed by atoms with Crippen molar-refractivity contribution in [1.29, 1.82) is 0 Å². The number of ether oxygens (including phenoxy) is 2. The molecule has 1 fully saturated rings. The fourth-order valence-corrected chi connectivity index (χ4v) is 4.84. The average molecular weight is 496 g/mol. The van der Waals surface area contributed by atoms with Crippen LogP contribution in [-0.2, 0) is 11.3 Å². The van der Waals surface area contributed by atoms with Crippen molar-refractivity contribution in [2.24, 2.45) is 0 Å². The van der Waals surface area contributed by atoms with Crippen LogP contribution in [0.2, 0.25) is 0 Å². The molecule has 184 valence electrons. The second kappa shape index (κ2) is 11.0. The molecule has 1 unspecified atom stereocenters. The van der Waals surface area contributed by atoms with Crippen molar-refractivity contribution in [1.82, 2.24) is 14.9 Å². The van der Waals surface area contributed by atoms with Crippen molar-refractivity contribution in [3.05, 3.63) is 63.9 Å². The molecule has 1 aliphatic rings. The van der Waals surface area contributed by atoms with Crippen LogP contribution in [0.1, 0.15) is 47.4 Å². The van der Waals surface area contributed by atoms with E-state index in [-0.39, 0.29) is 35.1 Å². The molecule has 0 aliphatic carbocycles. The van der Waals surface area contributed by atoms with Gasteiger partial charge in [0.2, 0.25) is 0 Å². The van der Waals surface area contributed by atoms with Crippen molar-refractivity contribution < 1.29 is 19.1 Å². The molecule has 1 N–H and O–H groups in total. The molecule has 9 heteroatoms. The van der Waals surface area contributed by atoms with Gasteiger partial charge in [-0.05, 0) is 69.2 Å². The molecule has 3 aromatic rings. The van der Waals surface area contributed by atoms with E-state index in [1.807, 2.05) is 13.8 Å². The zero-order valence-corrected chi connectivity index (χ0v) is 20.9. The van der Waals surface area contributed by atoms with E-state index in [9.17, 15) is 14.4 Å². The Balaban J connectivity index is 1.66. The molecule has 0 bridgehead atoms. The predicted molar refractivity (Wildman–Crippen MR) is 136 cm³/mol. The van der Waals surface area contributed by atoms with Crippen LogP contribution >= 0.6 is 11.8 Å². The summed E-state index contributed by atoms with van der Waals surface area (Å²) in [5.74, 6) is 0.480. The summed E-state index contributed by atoms with van der Waals surface area (Å²) in [4.78, 5) is 43.4. The zero-order valence-electron chi connectivity index (χ0n) is 20.1. The molecule has 35 heavy (non-hydrogen) atoms. The van der Waals surface area contributed by atoms with Crippen LogP contribution in [0.25, 0.3) is 10.9 Å². The minimum Gasteiger partial charge on any atom is -0.497 e. The number of thioether (sulfide) groups is 1. The summed E-state index contributed by atoms with van der Waals surface area (Å²) in [6, 6.07) is 11.8. The van der Waals surface area contributed by atoms with E-state index >= 15 is 0 Å². The number of carbonyl (C=O) groups excluding carboxylic acids is 2. The summed E-state index contributed by atoms with van der Waals surface area (Å²) in [6.45, 7) is 4.81. The van der Waals surface area contributed by atoms with Gasteiger partial charge in [-0.25, -0.2) is 4.98 Å². The SMILES string of the molecule is COc1ccc(C(=O)CSc2nc3cc(C(=O)NC(C)C)ccc3c(=O)n2CC2CCCO2)cc1. The molecule has 0 spiro atoms. The van der Waals surface area contributed by atoms with Gasteiger partial charge < -0.3 is 14.8 Å². The van der Waals surface area contributed by atoms with Crippen LogP contribution in [0.3, 0.4) is 0 Å². The molecule has 1 aromatic heterocycles. The molecule has 0 saturated carbocycles. The monoisotopic (exact) mass is 495 g/mol. The summed E-state index contributed by atoms with van der Waals surface area (Å²) in [5.41, 5.74) is 1.20. The predicted octanol–water partition coefficient (Wildman–Crippen LogP) is 3.70. The number of hydrogen-bond donors (Lipinski definition) is 1. The maximum atomic E-state index is 13.4. The normalized spacial score (nSPS) is 15.5. The summed E-state index contributed by atoms with van der Waals surface area (Å²) in [6.07, 6.45) is 1.75. The van der Waals surface area contributed by atoms with Gasteiger partial charge in [-0.15, -0.1) is 0 Å². The number of nitrogens with one attached hydrogen (secondary N) is 1. The third kappa shape index (κ3) is 5.91. The van der Waals surface area contributed by atoms with E-state index in [0.29, 0.717) is 46.1 Å². The third-order valence-corrected chi connectivity index (χ3v) is 6.73. The van der Waals surface area contributed by atoms with Crippen LogP contribution in [0.4, 0.5) is 0 Å². The lowest BCUT2D eigenvalue weighted by molar-refractivity contribution is 0.0936. The Morgan fingerprint density at radius 3 is 2.60 bits per heavy atom. The lowest BCUT2D eigenvalue weighted by atomic mass is 10.1. The highest BCUT2D eigenvalue weighted by Gasteiger charge is 2.21. The Morgan fingerprint density at radius 1 is 1.20 bits per heavy atom. The number of aromatic nitrogens is 2. The molecule has 2 heterocycles. The number of hydrogen-bond acceptors (Lipinski definition) is 7. The van der Waals surface area contributed by atoms with Gasteiger partial charge in [0.05, 0.1) is 36.4 Å². The van der Waals surface area contributed by atoms with E-state index in [2.05, 4.69) is 5.32 Å². The first-order valence-corrected chi connectivity index (χ1v) is 12.6. The van der Waals surface area contributed by atoms with Crippen LogP contribution < -0.4 is 15.6 Å². The Bertz CT molecular complexity index is 1280. The molecule has 2 aromatic carbocycles. The van der Waals surface area contributed by atoms with Crippen molar-refractivity contribution in [2.75, 3.05) is 19.5 Å².